The second kappa shape index (κ2) is 7.23. The number of thioether (sulfide) groups is 1. The van der Waals surface area contributed by atoms with Crippen molar-refractivity contribution in [2.45, 2.75) is 28.8 Å². The number of benzene rings is 1. The molecule has 1 amide bonds. The summed E-state index contributed by atoms with van der Waals surface area (Å²) in [6.45, 7) is 0.498. The summed E-state index contributed by atoms with van der Waals surface area (Å²) in [5.74, 6) is 1.50. The molecule has 25 heavy (non-hydrogen) atoms. The molecule has 0 bridgehead atoms. The second-order valence-electron chi connectivity index (χ2n) is 6.34. The highest BCUT2D eigenvalue weighted by molar-refractivity contribution is 8.00. The normalized spacial score (nSPS) is 15.4. The van der Waals surface area contributed by atoms with Crippen LogP contribution in [0.2, 0.25) is 0 Å². The Labute approximate surface area is 154 Å². The monoisotopic (exact) mass is 372 g/mol. The maximum Gasteiger partial charge on any atom is 0.287 e. The van der Waals surface area contributed by atoms with Gasteiger partial charge in [0.05, 0.1) is 4.21 Å². The predicted octanol–water partition coefficient (Wildman–Crippen LogP) is 4.25. The van der Waals surface area contributed by atoms with E-state index in [-0.39, 0.29) is 11.9 Å². The van der Waals surface area contributed by atoms with Crippen LogP contribution >= 0.6 is 23.1 Å². The maximum atomic E-state index is 12.7. The van der Waals surface area contributed by atoms with E-state index in [9.17, 15) is 4.79 Å². The van der Waals surface area contributed by atoms with E-state index in [4.69, 9.17) is 10.2 Å². The van der Waals surface area contributed by atoms with Crippen LogP contribution in [0.25, 0.3) is 11.0 Å². The van der Waals surface area contributed by atoms with Gasteiger partial charge in [0.25, 0.3) is 5.91 Å². The van der Waals surface area contributed by atoms with E-state index in [1.807, 2.05) is 30.3 Å². The minimum atomic E-state index is -0.172. The molecule has 2 heterocycles. The van der Waals surface area contributed by atoms with Gasteiger partial charge in [0, 0.05) is 29.3 Å². The number of rotatable bonds is 7. The predicted molar refractivity (Wildman–Crippen MR) is 103 cm³/mol. The summed E-state index contributed by atoms with van der Waals surface area (Å²) >= 11 is 3.43. The molecule has 6 heteroatoms. The molecule has 1 saturated carbocycles. The smallest absolute Gasteiger partial charge is 0.287 e. The molecular weight excluding hydrogens is 352 g/mol. The molecule has 4 rings (SSSR count). The fraction of sp³-hybridized carbons (Fsp3) is 0.316. The van der Waals surface area contributed by atoms with Gasteiger partial charge in [-0.15, -0.1) is 23.1 Å². The maximum absolute atomic E-state index is 12.7. The molecule has 1 aromatic carbocycles. The molecule has 1 unspecified atom stereocenters. The van der Waals surface area contributed by atoms with Gasteiger partial charge in [-0.25, -0.2) is 0 Å². The first kappa shape index (κ1) is 16.7. The number of carbonyl (C=O) groups excluding carboxylic acids is 1. The summed E-state index contributed by atoms with van der Waals surface area (Å²) < 4.78 is 7.11. The Morgan fingerprint density at radius 1 is 1.32 bits per heavy atom. The zero-order chi connectivity index (χ0) is 17.2. The van der Waals surface area contributed by atoms with Crippen LogP contribution in [-0.2, 0) is 5.75 Å². The van der Waals surface area contributed by atoms with Crippen molar-refractivity contribution in [3.8, 4) is 0 Å². The van der Waals surface area contributed by atoms with E-state index in [0.717, 1.165) is 16.5 Å². The van der Waals surface area contributed by atoms with E-state index < -0.39 is 0 Å². The second-order valence-corrected chi connectivity index (χ2v) is 8.56. The minimum Gasteiger partial charge on any atom is -0.451 e. The van der Waals surface area contributed by atoms with Gasteiger partial charge in [-0.1, -0.05) is 24.3 Å². The fourth-order valence-electron chi connectivity index (χ4n) is 2.90. The number of furan rings is 1. The van der Waals surface area contributed by atoms with Crippen LogP contribution in [-0.4, -0.2) is 18.5 Å². The molecule has 1 fully saturated rings. The summed E-state index contributed by atoms with van der Waals surface area (Å²) in [6, 6.07) is 12.0. The first-order chi connectivity index (χ1) is 12.2. The van der Waals surface area contributed by atoms with Crippen molar-refractivity contribution in [1.29, 1.82) is 0 Å². The van der Waals surface area contributed by atoms with Crippen molar-refractivity contribution in [2.24, 2.45) is 11.7 Å². The molecule has 0 saturated heterocycles. The van der Waals surface area contributed by atoms with Gasteiger partial charge in [-0.2, -0.15) is 0 Å². The van der Waals surface area contributed by atoms with Crippen molar-refractivity contribution in [2.75, 3.05) is 6.54 Å². The molecular formula is C19H20N2O2S2. The fourth-order valence-corrected chi connectivity index (χ4v) is 4.71. The summed E-state index contributed by atoms with van der Waals surface area (Å²) in [5.41, 5.74) is 7.79. The summed E-state index contributed by atoms with van der Waals surface area (Å²) in [5, 5.41) is 6.01. The van der Waals surface area contributed by atoms with Gasteiger partial charge in [-0.05, 0) is 36.3 Å². The van der Waals surface area contributed by atoms with Gasteiger partial charge < -0.3 is 15.5 Å². The highest BCUT2D eigenvalue weighted by Crippen LogP contribution is 2.34. The highest BCUT2D eigenvalue weighted by Gasteiger charge is 2.29. The molecule has 1 atom stereocenters. The Hall–Kier alpha value is -1.76. The number of fused-ring (bicyclic) bond motifs is 1. The lowest BCUT2D eigenvalue weighted by atomic mass is 10.1. The molecule has 0 radical (unpaired) electrons. The van der Waals surface area contributed by atoms with E-state index in [1.165, 1.54) is 17.1 Å². The molecule has 4 nitrogen and oxygen atoms in total. The zero-order valence-corrected chi connectivity index (χ0v) is 15.4. The molecule has 0 aliphatic heterocycles. The van der Waals surface area contributed by atoms with Crippen LogP contribution in [0.3, 0.4) is 0 Å². The molecule has 130 valence electrons. The number of carbonyl (C=O) groups is 1. The van der Waals surface area contributed by atoms with Crippen LogP contribution in [0.5, 0.6) is 0 Å². The molecule has 3 N–H and O–H groups in total. The van der Waals surface area contributed by atoms with Crippen LogP contribution in [0, 0.1) is 5.92 Å². The van der Waals surface area contributed by atoms with Crippen molar-refractivity contribution in [3.05, 3.63) is 53.1 Å². The Balaban J connectivity index is 1.55. The number of thiophene rings is 1. The quantitative estimate of drug-likeness (QED) is 0.608. The van der Waals surface area contributed by atoms with Crippen LogP contribution in [0.4, 0.5) is 0 Å². The Bertz CT molecular complexity index is 869. The Morgan fingerprint density at radius 2 is 2.16 bits per heavy atom. The third kappa shape index (κ3) is 3.76. The third-order valence-electron chi connectivity index (χ3n) is 4.48. The molecule has 1 aliphatic carbocycles. The lowest BCUT2D eigenvalue weighted by molar-refractivity contribution is 0.0924. The molecule has 1 aliphatic rings. The highest BCUT2D eigenvalue weighted by atomic mass is 32.2. The SMILES string of the molecule is NC(CNC(=O)c1oc2ccccc2c1CSc1cccs1)C1CC1. The van der Waals surface area contributed by atoms with Crippen molar-refractivity contribution in [1.82, 2.24) is 5.32 Å². The van der Waals surface area contributed by atoms with Crippen LogP contribution in [0.1, 0.15) is 29.0 Å². The molecule has 0 spiro atoms. The average Bonchev–Trinajstić information content (AvgIpc) is 3.23. The van der Waals surface area contributed by atoms with E-state index >= 15 is 0 Å². The standard InChI is InChI=1S/C19H20N2O2S2/c20-15(12-7-8-12)10-21-19(22)18-14(11-25-17-6-3-9-24-17)13-4-1-2-5-16(13)23-18/h1-6,9,12,15H,7-8,10-11,20H2,(H,21,22). The number of para-hydroxylation sites is 1. The van der Waals surface area contributed by atoms with Gasteiger partial charge in [-0.3, -0.25) is 4.79 Å². The lowest BCUT2D eigenvalue weighted by Gasteiger charge is -2.11. The summed E-state index contributed by atoms with van der Waals surface area (Å²) in [7, 11) is 0. The van der Waals surface area contributed by atoms with Crippen molar-refractivity contribution >= 4 is 40.0 Å². The Morgan fingerprint density at radius 3 is 2.92 bits per heavy atom. The molecule has 3 aromatic rings. The summed E-state index contributed by atoms with van der Waals surface area (Å²) in [4.78, 5) is 12.7. The van der Waals surface area contributed by atoms with E-state index in [1.54, 1.807) is 23.1 Å². The number of nitrogens with two attached hydrogens (primary N) is 1. The largest absolute Gasteiger partial charge is 0.451 e. The lowest BCUT2D eigenvalue weighted by Crippen LogP contribution is -2.38. The molecule has 2 aromatic heterocycles. The van der Waals surface area contributed by atoms with Gasteiger partial charge in [0.2, 0.25) is 0 Å². The Kier molecular flexibility index (Phi) is 4.83. The first-order valence-electron chi connectivity index (χ1n) is 8.43. The topological polar surface area (TPSA) is 68.3 Å². The van der Waals surface area contributed by atoms with Gasteiger partial charge in [0.15, 0.2) is 5.76 Å². The number of amides is 1. The van der Waals surface area contributed by atoms with Gasteiger partial charge in [0.1, 0.15) is 5.58 Å². The number of nitrogens with one attached hydrogen (secondary N) is 1. The third-order valence-corrected chi connectivity index (χ3v) is 6.64. The van der Waals surface area contributed by atoms with Crippen molar-refractivity contribution in [3.63, 3.8) is 0 Å². The minimum absolute atomic E-state index is 0.0391. The van der Waals surface area contributed by atoms with E-state index in [2.05, 4.69) is 16.8 Å². The van der Waals surface area contributed by atoms with Crippen LogP contribution < -0.4 is 11.1 Å². The summed E-state index contributed by atoms with van der Waals surface area (Å²) in [6.07, 6.45) is 2.34. The first-order valence-corrected chi connectivity index (χ1v) is 10.3. The van der Waals surface area contributed by atoms with Crippen molar-refractivity contribution < 1.29 is 9.21 Å². The van der Waals surface area contributed by atoms with Crippen LogP contribution in [0.15, 0.2) is 50.4 Å². The average molecular weight is 373 g/mol. The van der Waals surface area contributed by atoms with E-state index in [0.29, 0.717) is 24.0 Å². The number of hydrogen-bond acceptors (Lipinski definition) is 5. The van der Waals surface area contributed by atoms with Gasteiger partial charge >= 0.3 is 0 Å². The zero-order valence-electron chi connectivity index (χ0n) is 13.7. The number of hydrogen-bond donors (Lipinski definition) is 2.